The first kappa shape index (κ1) is 13.4. The summed E-state index contributed by atoms with van der Waals surface area (Å²) in [5.41, 5.74) is 0. The first-order valence-electron chi connectivity index (χ1n) is 5.98. The molecule has 0 amide bonds. The lowest BCUT2D eigenvalue weighted by molar-refractivity contribution is 0.628. The van der Waals surface area contributed by atoms with Gasteiger partial charge in [-0.2, -0.15) is 11.8 Å². The molecule has 0 spiro atoms. The van der Waals surface area contributed by atoms with Crippen molar-refractivity contribution in [3.8, 4) is 0 Å². The Hall–Kier alpha value is -0.640. The highest BCUT2D eigenvalue weighted by atomic mass is 32.2. The maximum Gasteiger partial charge on any atom is 0.191 e. The standard InChI is InChI=1S/C12H23N3S/c1-13-12(14-9-5-6-10-16-2)15-11-7-3-4-8-11/h3-4,11H,5-10H2,1-2H3,(H2,13,14,15). The molecule has 2 N–H and O–H groups in total. The van der Waals surface area contributed by atoms with Gasteiger partial charge < -0.3 is 10.6 Å². The summed E-state index contributed by atoms with van der Waals surface area (Å²) in [6.07, 6.45) is 11.3. The zero-order valence-corrected chi connectivity index (χ0v) is 11.1. The Bertz CT molecular complexity index is 230. The molecule has 0 aromatic rings. The van der Waals surface area contributed by atoms with Crippen LogP contribution in [0.1, 0.15) is 25.7 Å². The molecule has 0 aromatic heterocycles. The predicted octanol–water partition coefficient (Wildman–Crippen LogP) is 2.01. The highest BCUT2D eigenvalue weighted by Crippen LogP contribution is 2.08. The van der Waals surface area contributed by atoms with Gasteiger partial charge in [-0.15, -0.1) is 0 Å². The molecule has 1 aliphatic carbocycles. The maximum atomic E-state index is 4.23. The Morgan fingerprint density at radius 2 is 2.12 bits per heavy atom. The lowest BCUT2D eigenvalue weighted by atomic mass is 10.2. The maximum absolute atomic E-state index is 4.23. The largest absolute Gasteiger partial charge is 0.356 e. The van der Waals surface area contributed by atoms with Crippen molar-refractivity contribution in [1.29, 1.82) is 0 Å². The molecule has 1 aliphatic rings. The Morgan fingerprint density at radius 3 is 2.75 bits per heavy atom. The fourth-order valence-electron chi connectivity index (χ4n) is 1.70. The molecule has 0 heterocycles. The van der Waals surface area contributed by atoms with Gasteiger partial charge in [-0.05, 0) is 37.7 Å². The summed E-state index contributed by atoms with van der Waals surface area (Å²) in [5, 5.41) is 6.78. The van der Waals surface area contributed by atoms with Gasteiger partial charge in [0.25, 0.3) is 0 Å². The van der Waals surface area contributed by atoms with Crippen LogP contribution in [0.5, 0.6) is 0 Å². The smallest absolute Gasteiger partial charge is 0.191 e. The van der Waals surface area contributed by atoms with E-state index in [2.05, 4.69) is 34.0 Å². The van der Waals surface area contributed by atoms with Gasteiger partial charge >= 0.3 is 0 Å². The second-order valence-electron chi connectivity index (χ2n) is 3.98. The summed E-state index contributed by atoms with van der Waals surface area (Å²) < 4.78 is 0. The van der Waals surface area contributed by atoms with Gasteiger partial charge in [-0.25, -0.2) is 0 Å². The molecule has 0 aliphatic heterocycles. The minimum atomic E-state index is 0.539. The second-order valence-corrected chi connectivity index (χ2v) is 4.97. The van der Waals surface area contributed by atoms with E-state index < -0.39 is 0 Å². The van der Waals surface area contributed by atoms with Gasteiger partial charge in [0.05, 0.1) is 0 Å². The van der Waals surface area contributed by atoms with Crippen LogP contribution >= 0.6 is 11.8 Å². The van der Waals surface area contributed by atoms with Crippen LogP contribution in [0.2, 0.25) is 0 Å². The van der Waals surface area contributed by atoms with Crippen LogP contribution in [-0.2, 0) is 0 Å². The van der Waals surface area contributed by atoms with Crippen molar-refractivity contribution in [2.45, 2.75) is 31.7 Å². The Balaban J connectivity index is 2.07. The van der Waals surface area contributed by atoms with Crippen LogP contribution in [0.3, 0.4) is 0 Å². The van der Waals surface area contributed by atoms with Crippen molar-refractivity contribution in [1.82, 2.24) is 10.6 Å². The molecule has 3 nitrogen and oxygen atoms in total. The molecule has 0 fully saturated rings. The van der Waals surface area contributed by atoms with Crippen LogP contribution in [0, 0.1) is 0 Å². The number of thioether (sulfide) groups is 1. The normalized spacial score (nSPS) is 16.8. The van der Waals surface area contributed by atoms with Gasteiger partial charge in [-0.3, -0.25) is 4.99 Å². The average Bonchev–Trinajstić information content (AvgIpc) is 2.80. The Kier molecular flexibility index (Phi) is 7.14. The number of aliphatic imine (C=N–C) groups is 1. The van der Waals surface area contributed by atoms with Crippen LogP contribution in [0.15, 0.2) is 17.1 Å². The third kappa shape index (κ3) is 5.45. The minimum absolute atomic E-state index is 0.539. The van der Waals surface area contributed by atoms with Gasteiger partial charge in [0, 0.05) is 19.6 Å². The molecule has 0 aromatic carbocycles. The third-order valence-corrected chi connectivity index (χ3v) is 3.34. The van der Waals surface area contributed by atoms with Crippen LogP contribution in [0.4, 0.5) is 0 Å². The monoisotopic (exact) mass is 241 g/mol. The molecule has 0 atom stereocenters. The Labute approximate surface area is 103 Å². The molecule has 0 saturated carbocycles. The number of nitrogens with zero attached hydrogens (tertiary/aromatic N) is 1. The molecule has 16 heavy (non-hydrogen) atoms. The van der Waals surface area contributed by atoms with Gasteiger partial charge in [0.15, 0.2) is 5.96 Å². The van der Waals surface area contributed by atoms with Crippen molar-refractivity contribution in [3.05, 3.63) is 12.2 Å². The van der Waals surface area contributed by atoms with E-state index in [0.29, 0.717) is 6.04 Å². The van der Waals surface area contributed by atoms with E-state index >= 15 is 0 Å². The minimum Gasteiger partial charge on any atom is -0.356 e. The van der Waals surface area contributed by atoms with Crippen LogP contribution < -0.4 is 10.6 Å². The topological polar surface area (TPSA) is 36.4 Å². The number of nitrogens with one attached hydrogen (secondary N) is 2. The summed E-state index contributed by atoms with van der Waals surface area (Å²) in [6, 6.07) is 0.539. The lowest BCUT2D eigenvalue weighted by Crippen LogP contribution is -2.42. The van der Waals surface area contributed by atoms with Crippen molar-refractivity contribution >= 4 is 17.7 Å². The van der Waals surface area contributed by atoms with E-state index in [1.165, 1.54) is 18.6 Å². The van der Waals surface area contributed by atoms with E-state index in [9.17, 15) is 0 Å². The van der Waals surface area contributed by atoms with Gasteiger partial charge in [-0.1, -0.05) is 12.2 Å². The number of unbranched alkanes of at least 4 members (excludes halogenated alkanes) is 1. The molecular formula is C12H23N3S. The predicted molar refractivity (Wildman–Crippen MR) is 74.3 cm³/mol. The lowest BCUT2D eigenvalue weighted by Gasteiger charge is -2.16. The fourth-order valence-corrected chi connectivity index (χ4v) is 2.19. The van der Waals surface area contributed by atoms with Crippen molar-refractivity contribution in [3.63, 3.8) is 0 Å². The summed E-state index contributed by atoms with van der Waals surface area (Å²) in [6.45, 7) is 1.01. The number of rotatable bonds is 6. The number of hydrogen-bond donors (Lipinski definition) is 2. The van der Waals surface area contributed by atoms with E-state index in [1.807, 2.05) is 18.8 Å². The molecular weight excluding hydrogens is 218 g/mol. The quantitative estimate of drug-likeness (QED) is 0.323. The molecule has 0 bridgehead atoms. The Morgan fingerprint density at radius 1 is 1.38 bits per heavy atom. The van der Waals surface area contributed by atoms with Gasteiger partial charge in [0.2, 0.25) is 0 Å². The first-order chi connectivity index (χ1) is 7.86. The SMILES string of the molecule is CN=C(NCCCCSC)NC1CC=CC1. The molecule has 4 heteroatoms. The van der Waals surface area contributed by atoms with Crippen LogP contribution in [-0.4, -0.2) is 37.6 Å². The summed E-state index contributed by atoms with van der Waals surface area (Å²) in [4.78, 5) is 4.23. The summed E-state index contributed by atoms with van der Waals surface area (Å²) >= 11 is 1.91. The zero-order valence-electron chi connectivity index (χ0n) is 10.3. The number of hydrogen-bond acceptors (Lipinski definition) is 2. The highest BCUT2D eigenvalue weighted by molar-refractivity contribution is 7.98. The third-order valence-electron chi connectivity index (χ3n) is 2.64. The molecule has 0 unspecified atom stereocenters. The van der Waals surface area contributed by atoms with Crippen molar-refractivity contribution < 1.29 is 0 Å². The van der Waals surface area contributed by atoms with E-state index in [-0.39, 0.29) is 0 Å². The molecule has 1 rings (SSSR count). The molecule has 0 radical (unpaired) electrons. The summed E-state index contributed by atoms with van der Waals surface area (Å²) in [7, 11) is 1.83. The fraction of sp³-hybridized carbons (Fsp3) is 0.750. The molecule has 0 saturated heterocycles. The molecule has 92 valence electrons. The van der Waals surface area contributed by atoms with E-state index in [0.717, 1.165) is 25.3 Å². The van der Waals surface area contributed by atoms with Crippen molar-refractivity contribution in [2.75, 3.05) is 25.6 Å². The van der Waals surface area contributed by atoms with Crippen LogP contribution in [0.25, 0.3) is 0 Å². The zero-order chi connectivity index (χ0) is 11.6. The first-order valence-corrected chi connectivity index (χ1v) is 7.37. The number of guanidine groups is 1. The van der Waals surface area contributed by atoms with E-state index in [4.69, 9.17) is 0 Å². The average molecular weight is 241 g/mol. The summed E-state index contributed by atoms with van der Waals surface area (Å²) in [5.74, 6) is 2.19. The second kappa shape index (κ2) is 8.50. The van der Waals surface area contributed by atoms with E-state index in [1.54, 1.807) is 0 Å². The van der Waals surface area contributed by atoms with Gasteiger partial charge in [0.1, 0.15) is 0 Å². The highest BCUT2D eigenvalue weighted by Gasteiger charge is 2.10. The van der Waals surface area contributed by atoms with Crippen molar-refractivity contribution in [2.24, 2.45) is 4.99 Å².